The highest BCUT2D eigenvalue weighted by Gasteiger charge is 2.37. The van der Waals surface area contributed by atoms with Gasteiger partial charge in [-0.05, 0) is 6.42 Å². The first kappa shape index (κ1) is 7.26. The fourth-order valence-corrected chi connectivity index (χ4v) is 2.32. The summed E-state index contributed by atoms with van der Waals surface area (Å²) in [6.07, 6.45) is 6.65. The van der Waals surface area contributed by atoms with Gasteiger partial charge in [-0.3, -0.25) is 0 Å². The summed E-state index contributed by atoms with van der Waals surface area (Å²) in [5.41, 5.74) is 1.16. The molecule has 1 N–H and O–H groups in total. The molecule has 2 aliphatic heterocycles. The van der Waals surface area contributed by atoms with Crippen molar-refractivity contribution in [1.29, 1.82) is 0 Å². The molecule has 3 rings (SSSR count). The molecule has 2 fully saturated rings. The average molecular weight is 176 g/mol. The van der Waals surface area contributed by atoms with E-state index in [4.69, 9.17) is 0 Å². The van der Waals surface area contributed by atoms with E-state index in [-0.39, 0.29) is 0 Å². The van der Waals surface area contributed by atoms with Crippen LogP contribution in [0.15, 0.2) is 18.7 Å². The lowest BCUT2D eigenvalue weighted by atomic mass is 10.2. The first-order chi connectivity index (χ1) is 6.43. The number of nitrogens with zero attached hydrogens (tertiary/aromatic N) is 3. The van der Waals surface area contributed by atoms with Crippen molar-refractivity contribution in [2.24, 2.45) is 0 Å². The van der Waals surface area contributed by atoms with Crippen LogP contribution in [0.4, 0.5) is 5.69 Å². The van der Waals surface area contributed by atoms with Gasteiger partial charge in [0.2, 0.25) is 0 Å². The van der Waals surface area contributed by atoms with E-state index < -0.39 is 0 Å². The Morgan fingerprint density at radius 2 is 2.23 bits per heavy atom. The molecule has 68 valence electrons. The van der Waals surface area contributed by atoms with E-state index in [2.05, 4.69) is 20.2 Å². The lowest BCUT2D eigenvalue weighted by molar-refractivity contribution is 0.579. The number of hydrogen-bond acceptors (Lipinski definition) is 4. The Hall–Kier alpha value is -1.16. The summed E-state index contributed by atoms with van der Waals surface area (Å²) in [6.45, 7) is 2.22. The van der Waals surface area contributed by atoms with Crippen LogP contribution < -0.4 is 10.2 Å². The molecule has 2 saturated heterocycles. The molecule has 0 spiro atoms. The van der Waals surface area contributed by atoms with Crippen LogP contribution in [0.5, 0.6) is 0 Å². The van der Waals surface area contributed by atoms with E-state index in [9.17, 15) is 0 Å². The molecule has 1 aromatic heterocycles. The van der Waals surface area contributed by atoms with Crippen LogP contribution >= 0.6 is 0 Å². The zero-order valence-corrected chi connectivity index (χ0v) is 7.35. The summed E-state index contributed by atoms with van der Waals surface area (Å²) in [5, 5.41) is 3.47. The fourth-order valence-electron chi connectivity index (χ4n) is 2.32. The van der Waals surface area contributed by atoms with E-state index in [1.54, 1.807) is 6.33 Å². The second-order valence-corrected chi connectivity index (χ2v) is 3.74. The van der Waals surface area contributed by atoms with Crippen LogP contribution in [-0.2, 0) is 0 Å². The first-order valence-corrected chi connectivity index (χ1v) is 4.68. The number of rotatable bonds is 1. The maximum Gasteiger partial charge on any atom is 0.115 e. The Labute approximate surface area is 77.0 Å². The van der Waals surface area contributed by atoms with Crippen LogP contribution in [0.3, 0.4) is 0 Å². The highest BCUT2D eigenvalue weighted by molar-refractivity contribution is 5.46. The summed E-state index contributed by atoms with van der Waals surface area (Å²) in [7, 11) is 0. The van der Waals surface area contributed by atoms with E-state index in [1.165, 1.54) is 6.42 Å². The molecule has 2 aliphatic rings. The molecule has 4 heteroatoms. The predicted molar refractivity (Wildman–Crippen MR) is 49.6 cm³/mol. The number of anilines is 1. The molecule has 0 amide bonds. The zero-order chi connectivity index (χ0) is 8.67. The van der Waals surface area contributed by atoms with Gasteiger partial charge in [0.15, 0.2) is 0 Å². The van der Waals surface area contributed by atoms with Crippen molar-refractivity contribution in [1.82, 2.24) is 15.3 Å². The zero-order valence-electron chi connectivity index (χ0n) is 7.35. The van der Waals surface area contributed by atoms with Gasteiger partial charge in [0.05, 0.1) is 18.1 Å². The molecular weight excluding hydrogens is 164 g/mol. The quantitative estimate of drug-likeness (QED) is 0.655. The summed E-state index contributed by atoms with van der Waals surface area (Å²) >= 11 is 0. The predicted octanol–water partition coefficient (Wildman–Crippen LogP) is 0.0271. The molecule has 2 bridgehead atoms. The molecule has 3 heterocycles. The van der Waals surface area contributed by atoms with E-state index in [1.807, 2.05) is 12.4 Å². The lowest BCUT2D eigenvalue weighted by Gasteiger charge is -2.28. The number of piperazine rings is 1. The minimum absolute atomic E-state index is 0.663. The van der Waals surface area contributed by atoms with Gasteiger partial charge in [0, 0.05) is 25.2 Å². The molecule has 4 nitrogen and oxygen atoms in total. The van der Waals surface area contributed by atoms with Crippen molar-refractivity contribution in [3.8, 4) is 0 Å². The van der Waals surface area contributed by atoms with Crippen molar-refractivity contribution in [2.45, 2.75) is 18.5 Å². The maximum absolute atomic E-state index is 4.04. The monoisotopic (exact) mass is 176 g/mol. The molecule has 2 atom stereocenters. The average Bonchev–Trinajstić information content (AvgIpc) is 2.80. The molecule has 1 unspecified atom stereocenters. The first-order valence-electron chi connectivity index (χ1n) is 4.68. The Morgan fingerprint density at radius 3 is 2.85 bits per heavy atom. The molecular formula is C9H12N4. The highest BCUT2D eigenvalue weighted by Crippen LogP contribution is 2.27. The van der Waals surface area contributed by atoms with Gasteiger partial charge in [-0.2, -0.15) is 0 Å². The minimum Gasteiger partial charge on any atom is -0.363 e. The smallest absolute Gasteiger partial charge is 0.115 e. The van der Waals surface area contributed by atoms with Crippen molar-refractivity contribution in [3.05, 3.63) is 18.7 Å². The van der Waals surface area contributed by atoms with Crippen LogP contribution in [-0.4, -0.2) is 35.1 Å². The van der Waals surface area contributed by atoms with Crippen LogP contribution in [0.25, 0.3) is 0 Å². The fraction of sp³-hybridized carbons (Fsp3) is 0.556. The molecule has 0 aliphatic carbocycles. The SMILES string of the molecule is c1ncc(N2CC3C[C@H]2CN3)cn1. The van der Waals surface area contributed by atoms with E-state index in [0.717, 1.165) is 18.8 Å². The van der Waals surface area contributed by atoms with Gasteiger partial charge in [-0.1, -0.05) is 0 Å². The summed E-state index contributed by atoms with van der Waals surface area (Å²) in [5.74, 6) is 0. The highest BCUT2D eigenvalue weighted by atomic mass is 15.3. The second kappa shape index (κ2) is 2.67. The number of hydrogen-bond donors (Lipinski definition) is 1. The largest absolute Gasteiger partial charge is 0.363 e. The summed E-state index contributed by atoms with van der Waals surface area (Å²) in [6, 6.07) is 1.35. The summed E-state index contributed by atoms with van der Waals surface area (Å²) < 4.78 is 0. The second-order valence-electron chi connectivity index (χ2n) is 3.74. The minimum atomic E-state index is 0.663. The Balaban J connectivity index is 1.87. The molecule has 0 radical (unpaired) electrons. The topological polar surface area (TPSA) is 41.1 Å². The van der Waals surface area contributed by atoms with E-state index >= 15 is 0 Å². The van der Waals surface area contributed by atoms with Crippen molar-refractivity contribution < 1.29 is 0 Å². The Kier molecular flexibility index (Phi) is 1.49. The van der Waals surface area contributed by atoms with E-state index in [0.29, 0.717) is 12.1 Å². The van der Waals surface area contributed by atoms with Crippen molar-refractivity contribution in [3.63, 3.8) is 0 Å². The maximum atomic E-state index is 4.04. The molecule has 13 heavy (non-hydrogen) atoms. The van der Waals surface area contributed by atoms with Gasteiger partial charge in [-0.15, -0.1) is 0 Å². The third-order valence-corrected chi connectivity index (χ3v) is 2.94. The summed E-state index contributed by atoms with van der Waals surface area (Å²) in [4.78, 5) is 10.5. The third-order valence-electron chi connectivity index (χ3n) is 2.94. The third kappa shape index (κ3) is 1.09. The Morgan fingerprint density at radius 1 is 1.38 bits per heavy atom. The van der Waals surface area contributed by atoms with Crippen LogP contribution in [0.1, 0.15) is 6.42 Å². The molecule has 0 saturated carbocycles. The van der Waals surface area contributed by atoms with Gasteiger partial charge in [0.1, 0.15) is 6.33 Å². The number of nitrogens with one attached hydrogen (secondary N) is 1. The molecule has 1 aromatic rings. The van der Waals surface area contributed by atoms with Crippen LogP contribution in [0, 0.1) is 0 Å². The van der Waals surface area contributed by atoms with Crippen molar-refractivity contribution >= 4 is 5.69 Å². The van der Waals surface area contributed by atoms with Crippen LogP contribution in [0.2, 0.25) is 0 Å². The number of aromatic nitrogens is 2. The van der Waals surface area contributed by atoms with Gasteiger partial charge >= 0.3 is 0 Å². The van der Waals surface area contributed by atoms with Gasteiger partial charge < -0.3 is 10.2 Å². The lowest BCUT2D eigenvalue weighted by Crippen LogP contribution is -2.43. The van der Waals surface area contributed by atoms with Crippen molar-refractivity contribution in [2.75, 3.05) is 18.0 Å². The Bertz CT molecular complexity index is 300. The van der Waals surface area contributed by atoms with Gasteiger partial charge in [0.25, 0.3) is 0 Å². The van der Waals surface area contributed by atoms with Gasteiger partial charge in [-0.25, -0.2) is 9.97 Å². The number of fused-ring (bicyclic) bond motifs is 2. The standard InChI is InChI=1S/C9H12N4/c1-7-5-13(8(1)4-12-7)9-2-10-6-11-3-9/h2-3,6-8,12H,1,4-5H2/t7?,8-/m0/s1. The normalized spacial score (nSPS) is 31.2. The molecule has 0 aromatic carbocycles.